The molecular weight excluding hydrogens is 276 g/mol. The largest absolute Gasteiger partial charge is 0.492 e. The molecule has 3 nitrogen and oxygen atoms in total. The summed E-state index contributed by atoms with van der Waals surface area (Å²) in [6, 6.07) is 14.2. The molecule has 0 atom stereocenters. The first-order valence-electron chi connectivity index (χ1n) is 6.69. The second-order valence-electron chi connectivity index (χ2n) is 4.27. The Balaban J connectivity index is 2.10. The second-order valence-corrected chi connectivity index (χ2v) is 4.27. The van der Waals surface area contributed by atoms with Crippen LogP contribution in [-0.2, 0) is 6.54 Å². The van der Waals surface area contributed by atoms with Crippen LogP contribution in [0.15, 0.2) is 48.5 Å². The topological polar surface area (TPSA) is 30.5 Å². The Morgan fingerprint density at radius 3 is 2.38 bits per heavy atom. The van der Waals surface area contributed by atoms with E-state index in [0.29, 0.717) is 18.7 Å². The molecule has 2 aromatic rings. The summed E-state index contributed by atoms with van der Waals surface area (Å²) in [5.41, 5.74) is 1.47. The first-order valence-corrected chi connectivity index (χ1v) is 6.69. The van der Waals surface area contributed by atoms with Crippen LogP contribution in [0.3, 0.4) is 0 Å². The van der Waals surface area contributed by atoms with E-state index in [4.69, 9.17) is 4.74 Å². The van der Waals surface area contributed by atoms with E-state index >= 15 is 0 Å². The van der Waals surface area contributed by atoms with Gasteiger partial charge < -0.3 is 14.8 Å². The Labute approximate surface area is 122 Å². The molecule has 0 aliphatic rings. The fraction of sp³-hybridized carbons (Fsp3) is 0.250. The number of ether oxygens (including phenoxy) is 2. The Morgan fingerprint density at radius 1 is 1.00 bits per heavy atom. The highest BCUT2D eigenvalue weighted by Crippen LogP contribution is 2.26. The number of nitrogens with one attached hydrogen (secondary N) is 1. The summed E-state index contributed by atoms with van der Waals surface area (Å²) in [7, 11) is 0. The quantitative estimate of drug-likeness (QED) is 0.825. The fourth-order valence-corrected chi connectivity index (χ4v) is 1.95. The van der Waals surface area contributed by atoms with Gasteiger partial charge in [0.05, 0.1) is 12.3 Å². The summed E-state index contributed by atoms with van der Waals surface area (Å²) in [6.45, 7) is 0.00104. The molecule has 0 aromatic heterocycles. The van der Waals surface area contributed by atoms with E-state index in [1.807, 2.05) is 31.2 Å². The molecule has 0 heterocycles. The molecule has 1 N–H and O–H groups in total. The lowest BCUT2D eigenvalue weighted by Crippen LogP contribution is -2.07. The van der Waals surface area contributed by atoms with Crippen molar-refractivity contribution < 1.29 is 18.3 Å². The van der Waals surface area contributed by atoms with Crippen LogP contribution in [0.5, 0.6) is 11.5 Å². The zero-order chi connectivity index (χ0) is 15.1. The molecule has 0 aliphatic heterocycles. The zero-order valence-electron chi connectivity index (χ0n) is 11.7. The summed E-state index contributed by atoms with van der Waals surface area (Å²) < 4.78 is 34.7. The van der Waals surface area contributed by atoms with Gasteiger partial charge in [0, 0.05) is 12.1 Å². The van der Waals surface area contributed by atoms with E-state index in [2.05, 4.69) is 10.1 Å². The molecule has 0 aliphatic carbocycles. The standard InChI is InChI=1S/C16H17F2NO2/c1-2-20-15-10-6-4-8-13(15)19-11-12-7-3-5-9-14(12)21-16(17)18/h3-10,16,19H,2,11H2,1H3. The molecule has 0 saturated carbocycles. The van der Waals surface area contributed by atoms with Gasteiger partial charge in [-0.15, -0.1) is 0 Å². The molecule has 0 fully saturated rings. The zero-order valence-corrected chi connectivity index (χ0v) is 11.7. The van der Waals surface area contributed by atoms with Gasteiger partial charge in [0.2, 0.25) is 0 Å². The minimum absolute atomic E-state index is 0.175. The summed E-state index contributed by atoms with van der Waals surface area (Å²) in [4.78, 5) is 0. The predicted molar refractivity (Wildman–Crippen MR) is 78.0 cm³/mol. The summed E-state index contributed by atoms with van der Waals surface area (Å²) in [6.07, 6.45) is 0. The van der Waals surface area contributed by atoms with Crippen molar-refractivity contribution in [2.45, 2.75) is 20.1 Å². The lowest BCUT2D eigenvalue weighted by atomic mass is 10.2. The van der Waals surface area contributed by atoms with Crippen molar-refractivity contribution in [1.29, 1.82) is 0 Å². The van der Waals surface area contributed by atoms with Crippen LogP contribution >= 0.6 is 0 Å². The van der Waals surface area contributed by atoms with E-state index in [-0.39, 0.29) is 5.75 Å². The van der Waals surface area contributed by atoms with Crippen LogP contribution in [0.4, 0.5) is 14.5 Å². The molecule has 0 saturated heterocycles. The molecule has 5 heteroatoms. The van der Waals surface area contributed by atoms with E-state index in [1.165, 1.54) is 6.07 Å². The van der Waals surface area contributed by atoms with Gasteiger partial charge in [0.25, 0.3) is 0 Å². The maximum absolute atomic E-state index is 12.4. The van der Waals surface area contributed by atoms with Gasteiger partial charge in [-0.2, -0.15) is 8.78 Å². The Hall–Kier alpha value is -2.30. The molecule has 112 valence electrons. The van der Waals surface area contributed by atoms with Gasteiger partial charge in [0.1, 0.15) is 11.5 Å². The molecule has 0 spiro atoms. The van der Waals surface area contributed by atoms with Crippen molar-refractivity contribution >= 4 is 5.69 Å². The molecule has 0 unspecified atom stereocenters. The Kier molecular flexibility index (Phi) is 5.37. The van der Waals surface area contributed by atoms with Crippen molar-refractivity contribution in [3.05, 3.63) is 54.1 Å². The molecule has 0 radical (unpaired) electrons. The minimum Gasteiger partial charge on any atom is -0.492 e. The third-order valence-corrected chi connectivity index (χ3v) is 2.84. The number of hydrogen-bond donors (Lipinski definition) is 1. The molecule has 0 bridgehead atoms. The lowest BCUT2D eigenvalue weighted by Gasteiger charge is -2.14. The second kappa shape index (κ2) is 7.47. The molecule has 2 rings (SSSR count). The molecular formula is C16H17F2NO2. The normalized spacial score (nSPS) is 10.5. The van der Waals surface area contributed by atoms with Crippen LogP contribution in [0.1, 0.15) is 12.5 Å². The highest BCUT2D eigenvalue weighted by molar-refractivity contribution is 5.56. The van der Waals surface area contributed by atoms with E-state index < -0.39 is 6.61 Å². The highest BCUT2D eigenvalue weighted by atomic mass is 19.3. The lowest BCUT2D eigenvalue weighted by molar-refractivity contribution is -0.0504. The van der Waals surface area contributed by atoms with Crippen LogP contribution in [0, 0.1) is 0 Å². The molecule has 21 heavy (non-hydrogen) atoms. The smallest absolute Gasteiger partial charge is 0.387 e. The first kappa shape index (κ1) is 15.1. The van der Waals surface area contributed by atoms with Gasteiger partial charge >= 0.3 is 6.61 Å². The van der Waals surface area contributed by atoms with Crippen LogP contribution in [-0.4, -0.2) is 13.2 Å². The Morgan fingerprint density at radius 2 is 1.67 bits per heavy atom. The summed E-state index contributed by atoms with van der Waals surface area (Å²) in [5, 5.41) is 3.18. The van der Waals surface area contributed by atoms with Crippen molar-refractivity contribution in [3.8, 4) is 11.5 Å². The average Bonchev–Trinajstić information content (AvgIpc) is 2.47. The summed E-state index contributed by atoms with van der Waals surface area (Å²) in [5.74, 6) is 0.904. The summed E-state index contributed by atoms with van der Waals surface area (Å²) >= 11 is 0. The van der Waals surface area contributed by atoms with Gasteiger partial charge in [0.15, 0.2) is 0 Å². The van der Waals surface area contributed by atoms with Crippen LogP contribution in [0.25, 0.3) is 0 Å². The van der Waals surface area contributed by atoms with Gasteiger partial charge in [-0.3, -0.25) is 0 Å². The van der Waals surface area contributed by atoms with Crippen molar-refractivity contribution in [3.63, 3.8) is 0 Å². The maximum atomic E-state index is 12.4. The van der Waals surface area contributed by atoms with Gasteiger partial charge in [-0.05, 0) is 25.1 Å². The van der Waals surface area contributed by atoms with Crippen molar-refractivity contribution in [2.75, 3.05) is 11.9 Å². The number of halogens is 2. The van der Waals surface area contributed by atoms with Crippen LogP contribution in [0.2, 0.25) is 0 Å². The monoisotopic (exact) mass is 293 g/mol. The minimum atomic E-state index is -2.83. The third kappa shape index (κ3) is 4.34. The number of hydrogen-bond acceptors (Lipinski definition) is 3. The van der Waals surface area contributed by atoms with Crippen LogP contribution < -0.4 is 14.8 Å². The number of benzene rings is 2. The Bertz CT molecular complexity index is 576. The molecule has 0 amide bonds. The highest BCUT2D eigenvalue weighted by Gasteiger charge is 2.09. The number of para-hydroxylation sites is 3. The fourth-order valence-electron chi connectivity index (χ4n) is 1.95. The number of alkyl halides is 2. The van der Waals surface area contributed by atoms with E-state index in [1.54, 1.807) is 18.2 Å². The maximum Gasteiger partial charge on any atom is 0.387 e. The van der Waals surface area contributed by atoms with E-state index in [9.17, 15) is 8.78 Å². The third-order valence-electron chi connectivity index (χ3n) is 2.84. The number of anilines is 1. The van der Waals surface area contributed by atoms with Crippen molar-refractivity contribution in [2.24, 2.45) is 0 Å². The van der Waals surface area contributed by atoms with Gasteiger partial charge in [-0.1, -0.05) is 30.3 Å². The SMILES string of the molecule is CCOc1ccccc1NCc1ccccc1OC(F)F. The van der Waals surface area contributed by atoms with E-state index in [0.717, 1.165) is 11.4 Å². The van der Waals surface area contributed by atoms with Gasteiger partial charge in [-0.25, -0.2) is 0 Å². The number of rotatable bonds is 7. The predicted octanol–water partition coefficient (Wildman–Crippen LogP) is 4.30. The average molecular weight is 293 g/mol. The first-order chi connectivity index (χ1) is 10.2. The molecule has 2 aromatic carbocycles. The van der Waals surface area contributed by atoms with Crippen molar-refractivity contribution in [1.82, 2.24) is 0 Å².